The van der Waals surface area contributed by atoms with E-state index >= 15 is 0 Å². The van der Waals surface area contributed by atoms with E-state index in [1.54, 1.807) is 0 Å². The third kappa shape index (κ3) is 2.70. The molecule has 1 N–H and O–H groups in total. The maximum Gasteiger partial charge on any atom is 0.0642 e. The Labute approximate surface area is 91.0 Å². The van der Waals surface area contributed by atoms with Gasteiger partial charge >= 0.3 is 0 Å². The van der Waals surface area contributed by atoms with Crippen LogP contribution in [0.3, 0.4) is 0 Å². The quantitative estimate of drug-likeness (QED) is 0.805. The van der Waals surface area contributed by atoms with Crippen molar-refractivity contribution < 1.29 is 4.74 Å². The van der Waals surface area contributed by atoms with Gasteiger partial charge in [-0.3, -0.25) is 0 Å². The number of morpholine rings is 1. The van der Waals surface area contributed by atoms with E-state index in [-0.39, 0.29) is 0 Å². The molecule has 0 spiro atoms. The Balaban J connectivity index is 2.02. The fourth-order valence-electron chi connectivity index (χ4n) is 1.85. The average Bonchev–Trinajstić information content (AvgIpc) is 2.32. The second kappa shape index (κ2) is 5.14. The molecule has 0 atom stereocenters. The van der Waals surface area contributed by atoms with Crippen molar-refractivity contribution in [2.45, 2.75) is 6.54 Å². The molecule has 1 fully saturated rings. The lowest BCUT2D eigenvalue weighted by Gasteiger charge is -2.28. The molecular weight excluding hydrogens is 188 g/mol. The van der Waals surface area contributed by atoms with E-state index < -0.39 is 0 Å². The maximum absolute atomic E-state index is 5.33. The number of nitrogens with zero attached hydrogens (tertiary/aromatic N) is 1. The molecule has 82 valence electrons. The summed E-state index contributed by atoms with van der Waals surface area (Å²) in [5.74, 6) is 0. The number of nitrogens with one attached hydrogen (secondary N) is 1. The Bertz CT molecular complexity index is 291. The van der Waals surface area contributed by atoms with Gasteiger partial charge in [0.05, 0.1) is 13.2 Å². The van der Waals surface area contributed by atoms with Crippen LogP contribution in [0.2, 0.25) is 0 Å². The van der Waals surface area contributed by atoms with Gasteiger partial charge in [0.1, 0.15) is 0 Å². The Kier molecular flexibility index (Phi) is 3.59. The normalized spacial score (nSPS) is 16.7. The monoisotopic (exact) mass is 206 g/mol. The Hall–Kier alpha value is -1.06. The lowest BCUT2D eigenvalue weighted by Crippen LogP contribution is -2.36. The highest BCUT2D eigenvalue weighted by atomic mass is 16.5. The molecule has 0 bridgehead atoms. The Morgan fingerprint density at radius 1 is 1.20 bits per heavy atom. The fraction of sp³-hybridized carbons (Fsp3) is 0.500. The van der Waals surface area contributed by atoms with Crippen molar-refractivity contribution >= 4 is 5.69 Å². The molecular formula is C12H18N2O. The number of anilines is 1. The SMILES string of the molecule is CNCc1ccc(N2CCOCC2)cc1. The summed E-state index contributed by atoms with van der Waals surface area (Å²) in [6, 6.07) is 8.75. The van der Waals surface area contributed by atoms with Crippen LogP contribution in [0.25, 0.3) is 0 Å². The van der Waals surface area contributed by atoms with Gasteiger partial charge in [-0.05, 0) is 24.7 Å². The zero-order valence-corrected chi connectivity index (χ0v) is 9.20. The van der Waals surface area contributed by atoms with E-state index in [0.717, 1.165) is 32.8 Å². The first-order valence-corrected chi connectivity index (χ1v) is 5.46. The zero-order valence-electron chi connectivity index (χ0n) is 9.20. The molecule has 3 heteroatoms. The molecule has 1 aromatic carbocycles. The van der Waals surface area contributed by atoms with Crippen LogP contribution < -0.4 is 10.2 Å². The molecule has 0 aromatic heterocycles. The van der Waals surface area contributed by atoms with Gasteiger partial charge in [0.2, 0.25) is 0 Å². The fourth-order valence-corrected chi connectivity index (χ4v) is 1.85. The second-order valence-electron chi connectivity index (χ2n) is 3.80. The molecule has 0 saturated carbocycles. The molecule has 0 aliphatic carbocycles. The highest BCUT2D eigenvalue weighted by molar-refractivity contribution is 5.47. The summed E-state index contributed by atoms with van der Waals surface area (Å²) in [6.07, 6.45) is 0. The van der Waals surface area contributed by atoms with Crippen LogP contribution in [0, 0.1) is 0 Å². The summed E-state index contributed by atoms with van der Waals surface area (Å²) in [5.41, 5.74) is 2.63. The number of hydrogen-bond donors (Lipinski definition) is 1. The lowest BCUT2D eigenvalue weighted by molar-refractivity contribution is 0.122. The highest BCUT2D eigenvalue weighted by Gasteiger charge is 2.10. The van der Waals surface area contributed by atoms with Gasteiger partial charge in [-0.25, -0.2) is 0 Å². The Morgan fingerprint density at radius 3 is 2.47 bits per heavy atom. The predicted octanol–water partition coefficient (Wildman–Crippen LogP) is 1.24. The van der Waals surface area contributed by atoms with Crippen molar-refractivity contribution in [2.24, 2.45) is 0 Å². The second-order valence-corrected chi connectivity index (χ2v) is 3.80. The van der Waals surface area contributed by atoms with Gasteiger partial charge in [-0.2, -0.15) is 0 Å². The van der Waals surface area contributed by atoms with Crippen LogP contribution in [0.15, 0.2) is 24.3 Å². The van der Waals surface area contributed by atoms with Crippen LogP contribution in [0.1, 0.15) is 5.56 Å². The van der Waals surface area contributed by atoms with E-state index in [1.807, 2.05) is 7.05 Å². The van der Waals surface area contributed by atoms with E-state index in [1.165, 1.54) is 11.3 Å². The number of benzene rings is 1. The van der Waals surface area contributed by atoms with Crippen molar-refractivity contribution in [1.82, 2.24) is 5.32 Å². The Morgan fingerprint density at radius 2 is 1.87 bits per heavy atom. The van der Waals surface area contributed by atoms with Crippen molar-refractivity contribution in [3.05, 3.63) is 29.8 Å². The van der Waals surface area contributed by atoms with Gasteiger partial charge < -0.3 is 15.0 Å². The van der Waals surface area contributed by atoms with Crippen molar-refractivity contribution in [2.75, 3.05) is 38.3 Å². The first kappa shape index (κ1) is 10.5. The molecule has 2 rings (SSSR count). The topological polar surface area (TPSA) is 24.5 Å². The van der Waals surface area contributed by atoms with Crippen LogP contribution in [0.4, 0.5) is 5.69 Å². The van der Waals surface area contributed by atoms with Crippen LogP contribution >= 0.6 is 0 Å². The minimum absolute atomic E-state index is 0.846. The molecule has 0 amide bonds. The van der Waals surface area contributed by atoms with E-state index in [2.05, 4.69) is 34.5 Å². The largest absolute Gasteiger partial charge is 0.378 e. The number of ether oxygens (including phenoxy) is 1. The van der Waals surface area contributed by atoms with Gasteiger partial charge in [-0.15, -0.1) is 0 Å². The summed E-state index contributed by atoms with van der Waals surface area (Å²) in [5, 5.41) is 3.15. The first-order valence-electron chi connectivity index (χ1n) is 5.46. The third-order valence-electron chi connectivity index (χ3n) is 2.69. The summed E-state index contributed by atoms with van der Waals surface area (Å²) in [4.78, 5) is 2.37. The molecule has 1 heterocycles. The zero-order chi connectivity index (χ0) is 10.5. The van der Waals surface area contributed by atoms with Gasteiger partial charge in [0.25, 0.3) is 0 Å². The van der Waals surface area contributed by atoms with Crippen LogP contribution in [-0.4, -0.2) is 33.4 Å². The smallest absolute Gasteiger partial charge is 0.0642 e. The summed E-state index contributed by atoms with van der Waals surface area (Å²) >= 11 is 0. The first-order chi connectivity index (χ1) is 7.40. The molecule has 1 aliphatic heterocycles. The molecule has 3 nitrogen and oxygen atoms in total. The summed E-state index contributed by atoms with van der Waals surface area (Å²) in [7, 11) is 1.97. The summed E-state index contributed by atoms with van der Waals surface area (Å²) in [6.45, 7) is 4.64. The molecule has 1 saturated heterocycles. The lowest BCUT2D eigenvalue weighted by atomic mass is 10.2. The van der Waals surface area contributed by atoms with Crippen molar-refractivity contribution in [3.8, 4) is 0 Å². The molecule has 1 aliphatic rings. The van der Waals surface area contributed by atoms with Gasteiger partial charge in [0, 0.05) is 25.3 Å². The molecule has 1 aromatic rings. The third-order valence-corrected chi connectivity index (χ3v) is 2.69. The van der Waals surface area contributed by atoms with E-state index in [0.29, 0.717) is 0 Å². The predicted molar refractivity (Wildman–Crippen MR) is 62.2 cm³/mol. The molecule has 0 radical (unpaired) electrons. The van der Waals surface area contributed by atoms with Crippen LogP contribution in [-0.2, 0) is 11.3 Å². The van der Waals surface area contributed by atoms with Crippen LogP contribution in [0.5, 0.6) is 0 Å². The summed E-state index contributed by atoms with van der Waals surface area (Å²) < 4.78 is 5.33. The molecule has 0 unspecified atom stereocenters. The minimum Gasteiger partial charge on any atom is -0.378 e. The van der Waals surface area contributed by atoms with E-state index in [9.17, 15) is 0 Å². The van der Waals surface area contributed by atoms with Gasteiger partial charge in [-0.1, -0.05) is 12.1 Å². The maximum atomic E-state index is 5.33. The highest BCUT2D eigenvalue weighted by Crippen LogP contribution is 2.16. The van der Waals surface area contributed by atoms with Crippen molar-refractivity contribution in [3.63, 3.8) is 0 Å². The standard InChI is InChI=1S/C12H18N2O/c1-13-10-11-2-4-12(5-3-11)14-6-8-15-9-7-14/h2-5,13H,6-10H2,1H3. The van der Waals surface area contributed by atoms with E-state index in [4.69, 9.17) is 4.74 Å². The van der Waals surface area contributed by atoms with Crippen molar-refractivity contribution in [1.29, 1.82) is 0 Å². The number of hydrogen-bond acceptors (Lipinski definition) is 3. The average molecular weight is 206 g/mol. The molecule has 15 heavy (non-hydrogen) atoms. The van der Waals surface area contributed by atoms with Gasteiger partial charge in [0.15, 0.2) is 0 Å². The number of rotatable bonds is 3. The minimum atomic E-state index is 0.846.